The van der Waals surface area contributed by atoms with Crippen LogP contribution in [0.5, 0.6) is 5.75 Å². The van der Waals surface area contributed by atoms with E-state index >= 15 is 0 Å². The lowest BCUT2D eigenvalue weighted by Crippen LogP contribution is -2.09. The van der Waals surface area contributed by atoms with Gasteiger partial charge in [-0.05, 0) is 25.1 Å². The largest absolute Gasteiger partial charge is 0.496 e. The predicted molar refractivity (Wildman–Crippen MR) is 58.3 cm³/mol. The molecular formula is C10H12Cl2O2. The van der Waals surface area contributed by atoms with Gasteiger partial charge >= 0.3 is 0 Å². The molecule has 0 aliphatic carbocycles. The summed E-state index contributed by atoms with van der Waals surface area (Å²) >= 11 is 11.6. The summed E-state index contributed by atoms with van der Waals surface area (Å²) in [5.41, 5.74) is 0.613. The molecule has 1 aromatic carbocycles. The van der Waals surface area contributed by atoms with E-state index in [2.05, 4.69) is 0 Å². The minimum atomic E-state index is -0.773. The van der Waals surface area contributed by atoms with Gasteiger partial charge in [0.05, 0.1) is 18.6 Å². The zero-order valence-corrected chi connectivity index (χ0v) is 9.51. The number of rotatable bonds is 3. The molecule has 14 heavy (non-hydrogen) atoms. The highest BCUT2D eigenvalue weighted by Crippen LogP contribution is 2.31. The molecule has 2 atom stereocenters. The molecule has 2 nitrogen and oxygen atoms in total. The van der Waals surface area contributed by atoms with Crippen molar-refractivity contribution in [2.45, 2.75) is 18.4 Å². The Bertz CT molecular complexity index is 313. The van der Waals surface area contributed by atoms with Crippen LogP contribution in [-0.2, 0) is 0 Å². The Balaban J connectivity index is 3.10. The first kappa shape index (κ1) is 11.6. The van der Waals surface area contributed by atoms with Crippen LogP contribution in [0.3, 0.4) is 0 Å². The first-order valence-corrected chi connectivity index (χ1v) is 5.03. The summed E-state index contributed by atoms with van der Waals surface area (Å²) < 4.78 is 5.09. The third-order valence-corrected chi connectivity index (χ3v) is 2.42. The quantitative estimate of drug-likeness (QED) is 0.816. The van der Waals surface area contributed by atoms with E-state index in [1.54, 1.807) is 32.2 Å². The van der Waals surface area contributed by atoms with Gasteiger partial charge in [0, 0.05) is 10.6 Å². The second kappa shape index (κ2) is 4.87. The number of hydrogen-bond acceptors (Lipinski definition) is 2. The summed E-state index contributed by atoms with van der Waals surface area (Å²) in [7, 11) is 1.54. The second-order valence-electron chi connectivity index (χ2n) is 3.01. The normalized spacial score (nSPS) is 14.9. The molecule has 2 unspecified atom stereocenters. The maximum atomic E-state index is 9.76. The van der Waals surface area contributed by atoms with Crippen molar-refractivity contribution in [2.24, 2.45) is 0 Å². The highest BCUT2D eigenvalue weighted by molar-refractivity contribution is 6.30. The van der Waals surface area contributed by atoms with Crippen molar-refractivity contribution in [3.63, 3.8) is 0 Å². The van der Waals surface area contributed by atoms with Gasteiger partial charge < -0.3 is 9.84 Å². The summed E-state index contributed by atoms with van der Waals surface area (Å²) in [5.74, 6) is 0.592. The van der Waals surface area contributed by atoms with Crippen molar-refractivity contribution in [1.82, 2.24) is 0 Å². The lowest BCUT2D eigenvalue weighted by molar-refractivity contribution is 0.173. The summed E-state index contributed by atoms with van der Waals surface area (Å²) in [5, 5.41) is 9.93. The van der Waals surface area contributed by atoms with E-state index < -0.39 is 6.10 Å². The van der Waals surface area contributed by atoms with Crippen LogP contribution < -0.4 is 4.74 Å². The molecule has 0 aromatic heterocycles. The monoisotopic (exact) mass is 234 g/mol. The van der Waals surface area contributed by atoms with Gasteiger partial charge in [-0.1, -0.05) is 11.6 Å². The van der Waals surface area contributed by atoms with Crippen LogP contribution in [-0.4, -0.2) is 17.6 Å². The van der Waals surface area contributed by atoms with Crippen LogP contribution in [0.4, 0.5) is 0 Å². The average molecular weight is 235 g/mol. The zero-order chi connectivity index (χ0) is 10.7. The fourth-order valence-corrected chi connectivity index (χ4v) is 1.50. The Labute approximate surface area is 93.4 Å². The van der Waals surface area contributed by atoms with Crippen molar-refractivity contribution >= 4 is 23.2 Å². The van der Waals surface area contributed by atoms with Crippen molar-refractivity contribution in [3.8, 4) is 5.75 Å². The van der Waals surface area contributed by atoms with E-state index in [1.807, 2.05) is 0 Å². The van der Waals surface area contributed by atoms with Crippen molar-refractivity contribution in [1.29, 1.82) is 0 Å². The first-order chi connectivity index (χ1) is 6.56. The topological polar surface area (TPSA) is 29.5 Å². The van der Waals surface area contributed by atoms with Crippen LogP contribution in [0.2, 0.25) is 5.02 Å². The predicted octanol–water partition coefficient (Wildman–Crippen LogP) is 3.01. The second-order valence-corrected chi connectivity index (χ2v) is 4.13. The van der Waals surface area contributed by atoms with E-state index in [9.17, 15) is 5.11 Å². The molecule has 1 aromatic rings. The van der Waals surface area contributed by atoms with Crippen LogP contribution >= 0.6 is 23.2 Å². The van der Waals surface area contributed by atoms with Gasteiger partial charge in [-0.2, -0.15) is 0 Å². The van der Waals surface area contributed by atoms with E-state index in [0.717, 1.165) is 0 Å². The van der Waals surface area contributed by atoms with Crippen LogP contribution in [0, 0.1) is 0 Å². The summed E-state index contributed by atoms with van der Waals surface area (Å²) in [6.45, 7) is 1.71. The smallest absolute Gasteiger partial charge is 0.124 e. The number of methoxy groups -OCH3 is 1. The molecule has 78 valence electrons. The highest BCUT2D eigenvalue weighted by atomic mass is 35.5. The lowest BCUT2D eigenvalue weighted by Gasteiger charge is -2.16. The maximum absolute atomic E-state index is 9.76. The number of ether oxygens (including phenoxy) is 1. The van der Waals surface area contributed by atoms with Crippen LogP contribution in [0.15, 0.2) is 18.2 Å². The van der Waals surface area contributed by atoms with Gasteiger partial charge in [0.2, 0.25) is 0 Å². The number of alkyl halides is 1. The Morgan fingerprint density at radius 1 is 1.43 bits per heavy atom. The Morgan fingerprint density at radius 3 is 2.57 bits per heavy atom. The molecule has 4 heteroatoms. The minimum absolute atomic E-state index is 0.387. The van der Waals surface area contributed by atoms with Crippen LogP contribution in [0.25, 0.3) is 0 Å². The van der Waals surface area contributed by atoms with Crippen molar-refractivity contribution in [3.05, 3.63) is 28.8 Å². The molecule has 1 rings (SSSR count). The molecule has 0 heterocycles. The van der Waals surface area contributed by atoms with Gasteiger partial charge in [0.15, 0.2) is 0 Å². The number of aliphatic hydroxyl groups excluding tert-OH is 1. The minimum Gasteiger partial charge on any atom is -0.496 e. The molecule has 1 N–H and O–H groups in total. The zero-order valence-electron chi connectivity index (χ0n) is 8.00. The van der Waals surface area contributed by atoms with E-state index in [4.69, 9.17) is 27.9 Å². The number of halogens is 2. The molecule has 0 bridgehead atoms. The molecule has 0 saturated heterocycles. The Morgan fingerprint density at radius 2 is 2.07 bits per heavy atom. The van der Waals surface area contributed by atoms with Gasteiger partial charge in [0.25, 0.3) is 0 Å². The van der Waals surface area contributed by atoms with E-state index in [0.29, 0.717) is 16.3 Å². The summed E-state index contributed by atoms with van der Waals surface area (Å²) in [6.07, 6.45) is -0.773. The summed E-state index contributed by atoms with van der Waals surface area (Å²) in [4.78, 5) is 0. The molecule has 0 aliphatic heterocycles. The lowest BCUT2D eigenvalue weighted by atomic mass is 10.1. The molecule has 0 saturated carbocycles. The number of aliphatic hydroxyl groups is 1. The van der Waals surface area contributed by atoms with Gasteiger partial charge in [-0.15, -0.1) is 11.6 Å². The standard InChI is InChI=1S/C10H12Cl2O2/c1-6(11)10(13)8-5-7(12)3-4-9(8)14-2/h3-6,10,13H,1-2H3. The Hall–Kier alpha value is -0.440. The fourth-order valence-electron chi connectivity index (χ4n) is 1.18. The average Bonchev–Trinajstić information content (AvgIpc) is 2.16. The van der Waals surface area contributed by atoms with E-state index in [1.165, 1.54) is 0 Å². The summed E-state index contributed by atoms with van der Waals surface area (Å²) in [6, 6.07) is 5.07. The highest BCUT2D eigenvalue weighted by Gasteiger charge is 2.18. The first-order valence-electron chi connectivity index (χ1n) is 4.22. The SMILES string of the molecule is COc1ccc(Cl)cc1C(O)C(C)Cl. The Kier molecular flexibility index (Phi) is 4.05. The van der Waals surface area contributed by atoms with Gasteiger partial charge in [0.1, 0.15) is 5.75 Å². The van der Waals surface area contributed by atoms with Crippen molar-refractivity contribution in [2.75, 3.05) is 7.11 Å². The molecule has 0 amide bonds. The maximum Gasteiger partial charge on any atom is 0.124 e. The molecule has 0 spiro atoms. The molecule has 0 radical (unpaired) electrons. The molecular weight excluding hydrogens is 223 g/mol. The van der Waals surface area contributed by atoms with E-state index in [-0.39, 0.29) is 5.38 Å². The van der Waals surface area contributed by atoms with Gasteiger partial charge in [-0.3, -0.25) is 0 Å². The number of hydrogen-bond donors (Lipinski definition) is 1. The van der Waals surface area contributed by atoms with Gasteiger partial charge in [-0.25, -0.2) is 0 Å². The third kappa shape index (κ3) is 2.53. The molecule has 0 aliphatic rings. The molecule has 0 fully saturated rings. The number of benzene rings is 1. The van der Waals surface area contributed by atoms with Crippen LogP contribution in [0.1, 0.15) is 18.6 Å². The third-order valence-electron chi connectivity index (χ3n) is 1.95. The van der Waals surface area contributed by atoms with Crippen molar-refractivity contribution < 1.29 is 9.84 Å². The fraction of sp³-hybridized carbons (Fsp3) is 0.400.